The lowest BCUT2D eigenvalue weighted by molar-refractivity contribution is 0.669. The second kappa shape index (κ2) is 13.4. The summed E-state index contributed by atoms with van der Waals surface area (Å²) in [6.07, 6.45) is 0. The molecule has 2 aromatic heterocycles. The number of rotatable bonds is 5. The molecule has 9 aromatic carbocycles. The van der Waals surface area contributed by atoms with Gasteiger partial charge in [-0.25, -0.2) is 15.0 Å². The zero-order valence-corrected chi connectivity index (χ0v) is 33.5. The van der Waals surface area contributed by atoms with Crippen LogP contribution >= 0.6 is 0 Å². The van der Waals surface area contributed by atoms with Gasteiger partial charge in [0.05, 0.1) is 5.41 Å². The van der Waals surface area contributed by atoms with E-state index in [1.165, 1.54) is 50.1 Å². The molecule has 11 aromatic rings. The Kier molecular flexibility index (Phi) is 7.49. The van der Waals surface area contributed by atoms with Crippen LogP contribution in [0.2, 0.25) is 0 Å². The smallest absolute Gasteiger partial charge is 0.164 e. The van der Waals surface area contributed by atoms with Crippen molar-refractivity contribution in [3.05, 3.63) is 235 Å². The van der Waals surface area contributed by atoms with Gasteiger partial charge in [-0.15, -0.1) is 0 Å². The molecule has 2 aliphatic carbocycles. The van der Waals surface area contributed by atoms with Crippen molar-refractivity contribution in [1.82, 2.24) is 15.0 Å². The number of hydrogen-bond acceptors (Lipinski definition) is 4. The van der Waals surface area contributed by atoms with Crippen molar-refractivity contribution in [3.8, 4) is 78.7 Å². The number of fused-ring (bicyclic) bond motifs is 14. The highest BCUT2D eigenvalue weighted by atomic mass is 16.3. The monoisotopic (exact) mass is 789 g/mol. The summed E-state index contributed by atoms with van der Waals surface area (Å²) < 4.78 is 7.11. The number of furan rings is 1. The molecule has 13 rings (SSSR count). The highest BCUT2D eigenvalue weighted by Gasteiger charge is 2.52. The lowest BCUT2D eigenvalue weighted by Crippen LogP contribution is -2.25. The molecule has 0 amide bonds. The summed E-state index contributed by atoms with van der Waals surface area (Å²) in [5.41, 5.74) is 18.5. The fourth-order valence-corrected chi connectivity index (χ4v) is 10.3. The third-order valence-electron chi connectivity index (χ3n) is 13.0. The topological polar surface area (TPSA) is 51.8 Å². The third-order valence-corrected chi connectivity index (χ3v) is 13.0. The summed E-state index contributed by atoms with van der Waals surface area (Å²) in [6.45, 7) is 0. The molecule has 0 fully saturated rings. The largest absolute Gasteiger partial charge is 0.455 e. The number of nitrogens with zero attached hydrogens (tertiary/aromatic N) is 3. The van der Waals surface area contributed by atoms with Crippen LogP contribution in [-0.4, -0.2) is 15.0 Å². The zero-order chi connectivity index (χ0) is 40.8. The van der Waals surface area contributed by atoms with E-state index in [2.05, 4.69) is 182 Å². The predicted molar refractivity (Wildman–Crippen MR) is 251 cm³/mol. The van der Waals surface area contributed by atoms with Crippen LogP contribution < -0.4 is 0 Å². The van der Waals surface area contributed by atoms with Crippen molar-refractivity contribution in [2.24, 2.45) is 0 Å². The molecule has 2 heterocycles. The summed E-state index contributed by atoms with van der Waals surface area (Å²) in [5.74, 6) is 1.82. The van der Waals surface area contributed by atoms with E-state index in [1.807, 2.05) is 30.3 Å². The Morgan fingerprint density at radius 1 is 0.323 bits per heavy atom. The highest BCUT2D eigenvalue weighted by Crippen LogP contribution is 2.64. The normalized spacial score (nSPS) is 14.5. The van der Waals surface area contributed by atoms with Crippen molar-refractivity contribution in [2.45, 2.75) is 5.41 Å². The van der Waals surface area contributed by atoms with Crippen molar-refractivity contribution in [3.63, 3.8) is 0 Å². The van der Waals surface area contributed by atoms with E-state index >= 15 is 0 Å². The Hall–Kier alpha value is -8.21. The molecule has 0 saturated heterocycles. The Balaban J connectivity index is 1.05. The second-order valence-corrected chi connectivity index (χ2v) is 16.2. The van der Waals surface area contributed by atoms with Crippen molar-refractivity contribution >= 4 is 21.9 Å². The average Bonchev–Trinajstić information content (AvgIpc) is 3.99. The van der Waals surface area contributed by atoms with Gasteiger partial charge < -0.3 is 4.42 Å². The standard InChI is InChI=1S/C58H35N3O/c1-4-16-36(17-5-1)39-22-14-23-41(34-39)56-59-55(38-20-8-3-9-21-38)60-57(61-56)46-26-15-29-51-52(46)45-32-33-49-53(54(45)62-51)44-25-11-13-28-48(44)58(49)47-27-12-10-24-42(47)43-31-30-40(35-50(43)58)37-18-6-2-7-19-37/h1-35H. The van der Waals surface area contributed by atoms with Gasteiger partial charge in [0.1, 0.15) is 11.2 Å². The van der Waals surface area contributed by atoms with E-state index in [0.29, 0.717) is 17.5 Å². The molecule has 2 aliphatic rings. The molecular formula is C58H35N3O. The van der Waals surface area contributed by atoms with Gasteiger partial charge in [-0.05, 0) is 79.4 Å². The molecule has 0 aliphatic heterocycles. The zero-order valence-electron chi connectivity index (χ0n) is 33.5. The molecule has 1 spiro atoms. The molecule has 0 N–H and O–H groups in total. The van der Waals surface area contributed by atoms with Gasteiger partial charge >= 0.3 is 0 Å². The first-order valence-electron chi connectivity index (χ1n) is 21.1. The fourth-order valence-electron chi connectivity index (χ4n) is 10.3. The van der Waals surface area contributed by atoms with Crippen LogP contribution in [0.25, 0.3) is 101 Å². The van der Waals surface area contributed by atoms with E-state index in [-0.39, 0.29) is 0 Å². The van der Waals surface area contributed by atoms with Gasteiger partial charge in [0.25, 0.3) is 0 Å². The number of benzene rings is 9. The highest BCUT2D eigenvalue weighted by molar-refractivity contribution is 6.17. The molecule has 4 heteroatoms. The summed E-state index contributed by atoms with van der Waals surface area (Å²) in [5, 5.41) is 2.01. The third kappa shape index (κ3) is 4.98. The van der Waals surface area contributed by atoms with Gasteiger partial charge in [0.2, 0.25) is 0 Å². The number of aromatic nitrogens is 3. The van der Waals surface area contributed by atoms with Gasteiger partial charge in [0.15, 0.2) is 17.5 Å². The van der Waals surface area contributed by atoms with Gasteiger partial charge in [0, 0.05) is 33.0 Å². The Bertz CT molecular complexity index is 3580. The molecule has 4 nitrogen and oxygen atoms in total. The summed E-state index contributed by atoms with van der Waals surface area (Å²) >= 11 is 0. The lowest BCUT2D eigenvalue weighted by atomic mass is 9.70. The van der Waals surface area contributed by atoms with E-state index in [4.69, 9.17) is 19.4 Å². The maximum Gasteiger partial charge on any atom is 0.164 e. The molecule has 0 saturated carbocycles. The van der Waals surface area contributed by atoms with Crippen LogP contribution in [0.3, 0.4) is 0 Å². The SMILES string of the molecule is c1ccc(-c2cccc(-c3nc(-c4ccccc4)nc(-c4cccc5oc6c7c(ccc6c45)C4(c5ccccc5-c5ccc(-c6ccccc6)cc54)c4ccccc4-7)n3)c2)cc1. The minimum absolute atomic E-state index is 0.527. The van der Waals surface area contributed by atoms with E-state index in [9.17, 15) is 0 Å². The Labute approximate surface area is 358 Å². The minimum atomic E-state index is -0.527. The van der Waals surface area contributed by atoms with E-state index in [0.717, 1.165) is 55.3 Å². The first kappa shape index (κ1) is 34.6. The lowest BCUT2D eigenvalue weighted by Gasteiger charge is -2.30. The average molecular weight is 790 g/mol. The minimum Gasteiger partial charge on any atom is -0.455 e. The van der Waals surface area contributed by atoms with E-state index < -0.39 is 5.41 Å². The van der Waals surface area contributed by atoms with Crippen molar-refractivity contribution in [2.75, 3.05) is 0 Å². The molecule has 0 radical (unpaired) electrons. The quantitative estimate of drug-likeness (QED) is 0.174. The maximum atomic E-state index is 7.11. The maximum absolute atomic E-state index is 7.11. The second-order valence-electron chi connectivity index (χ2n) is 16.2. The first-order chi connectivity index (χ1) is 30.7. The Morgan fingerprint density at radius 3 is 1.60 bits per heavy atom. The summed E-state index contributed by atoms with van der Waals surface area (Å²) in [7, 11) is 0. The van der Waals surface area contributed by atoms with Crippen LogP contribution in [-0.2, 0) is 5.41 Å². The van der Waals surface area contributed by atoms with Crippen LogP contribution in [0.1, 0.15) is 22.3 Å². The van der Waals surface area contributed by atoms with Crippen LogP contribution in [0.4, 0.5) is 0 Å². The molecule has 1 atom stereocenters. The molecule has 288 valence electrons. The predicted octanol–water partition coefficient (Wildman–Crippen LogP) is 14.4. The van der Waals surface area contributed by atoms with Gasteiger partial charge in [-0.1, -0.05) is 194 Å². The molecule has 0 bridgehead atoms. The summed E-state index contributed by atoms with van der Waals surface area (Å²) in [4.78, 5) is 15.6. The first-order valence-corrected chi connectivity index (χ1v) is 21.1. The van der Waals surface area contributed by atoms with Gasteiger partial charge in [-0.3, -0.25) is 0 Å². The fraction of sp³-hybridized carbons (Fsp3) is 0.0172. The molecular weight excluding hydrogens is 755 g/mol. The van der Waals surface area contributed by atoms with Crippen molar-refractivity contribution < 1.29 is 4.42 Å². The summed E-state index contributed by atoms with van der Waals surface area (Å²) in [6, 6.07) is 75.5. The van der Waals surface area contributed by atoms with E-state index in [1.54, 1.807) is 0 Å². The van der Waals surface area contributed by atoms with Crippen LogP contribution in [0.15, 0.2) is 217 Å². The van der Waals surface area contributed by atoms with Gasteiger partial charge in [-0.2, -0.15) is 0 Å². The van der Waals surface area contributed by atoms with Crippen molar-refractivity contribution in [1.29, 1.82) is 0 Å². The Morgan fingerprint density at radius 2 is 0.855 bits per heavy atom. The molecule has 1 unspecified atom stereocenters. The number of hydrogen-bond donors (Lipinski definition) is 0. The van der Waals surface area contributed by atoms with Crippen LogP contribution in [0.5, 0.6) is 0 Å². The van der Waals surface area contributed by atoms with Crippen LogP contribution in [0, 0.1) is 0 Å². The molecule has 62 heavy (non-hydrogen) atoms.